The van der Waals surface area contributed by atoms with Gasteiger partial charge in [0, 0.05) is 131 Å². The molecule has 0 atom stereocenters. The zero-order chi connectivity index (χ0) is 52.3. The third kappa shape index (κ3) is 464. The second-order valence-corrected chi connectivity index (χ2v) is 19.2. The van der Waals surface area contributed by atoms with E-state index in [0.29, 0.717) is 30.1 Å². The normalized spacial score (nSPS) is 8.86. The van der Waals surface area contributed by atoms with Gasteiger partial charge in [0.25, 0.3) is 0 Å². The summed E-state index contributed by atoms with van der Waals surface area (Å²) in [5.41, 5.74) is 0. The first-order chi connectivity index (χ1) is 28.5. The quantitative estimate of drug-likeness (QED) is 0.118. The van der Waals surface area contributed by atoms with Crippen LogP contribution in [0.4, 0.5) is 0 Å². The summed E-state index contributed by atoms with van der Waals surface area (Å²) >= 11 is 0. The molecule has 0 amide bonds. The van der Waals surface area contributed by atoms with Crippen LogP contribution in [-0.4, -0.2) is 5.78 Å². The first-order valence-corrected chi connectivity index (χ1v) is 25.9. The molecular weight excluding hydrogens is 1100 g/mol. The summed E-state index contributed by atoms with van der Waals surface area (Å²) in [6.45, 7) is 80.1. The maximum Gasteiger partial charge on any atom is 0 e. The summed E-state index contributed by atoms with van der Waals surface area (Å²) in [6.07, 6.45) is 27.1. The molecule has 0 aromatic rings. The van der Waals surface area contributed by atoms with Gasteiger partial charge in [-0.25, -0.2) is 38.2 Å². The summed E-state index contributed by atoms with van der Waals surface area (Å²) in [5.74, 6) is 5.71. The summed E-state index contributed by atoms with van der Waals surface area (Å²) in [5, 5.41) is 0. The van der Waals surface area contributed by atoms with Gasteiger partial charge in [-0.15, -0.1) is 12.8 Å². The first kappa shape index (κ1) is 114. The largest absolute Gasteiger partial charge is 0.343 e. The molecule has 0 saturated heterocycles. The van der Waals surface area contributed by atoms with Crippen LogP contribution in [0.2, 0.25) is 0 Å². The predicted octanol–water partition coefficient (Wildman–Crippen LogP) is 22.8. The summed E-state index contributed by atoms with van der Waals surface area (Å²) in [7, 11) is 0. The van der Waals surface area contributed by atoms with E-state index < -0.39 is 0 Å². The molecule has 0 saturated carbocycles. The van der Waals surface area contributed by atoms with Crippen molar-refractivity contribution < 1.29 is 136 Å². The molecule has 1 nitrogen and oxygen atoms in total. The fraction of sp³-hybridized carbons (Fsp3) is 0.787. The van der Waals surface area contributed by atoms with Crippen LogP contribution >= 0.6 is 0 Å². The molecule has 0 aliphatic carbocycles. The molecule has 0 aromatic carbocycles. The van der Waals surface area contributed by atoms with Crippen LogP contribution in [0.1, 0.15) is 269 Å². The van der Waals surface area contributed by atoms with E-state index in [0.717, 1.165) is 36.5 Å². The van der Waals surface area contributed by atoms with Crippen LogP contribution in [0.3, 0.4) is 0 Å². The van der Waals surface area contributed by atoms with E-state index in [4.69, 9.17) is 0 Å². The van der Waals surface area contributed by atoms with Crippen molar-refractivity contribution in [2.24, 2.45) is 47.3 Å². The van der Waals surface area contributed by atoms with Gasteiger partial charge in [-0.2, -0.15) is 30.1 Å². The van der Waals surface area contributed by atoms with E-state index in [-0.39, 0.29) is 137 Å². The monoisotopic (exact) mass is 1240 g/mol. The topological polar surface area (TPSA) is 17.1 Å². The van der Waals surface area contributed by atoms with E-state index in [1.807, 2.05) is 12.2 Å². The van der Waals surface area contributed by atoms with Crippen LogP contribution in [0, 0.1) is 103 Å². The molecule has 0 heterocycles. The average molecular weight is 1240 g/mol. The third-order valence-electron chi connectivity index (χ3n) is 4.91. The number of allylic oxidation sites excluding steroid dienone is 4. The standard InChI is InChI=1S/C9H17O.2C9H17.C6H13.4C4H9.4C3H8.4Y/c1-8(2)6-4-5-7-9(3)10;2*1-4-5-6-7-8-9(2)3;1-4-5-6(2)3;4*1-4(2)3;4*1-3-2;;;;/h8H,3-7H2,1-2H3;2*4-5,9H,1,6-8H2,2-3H3;6H,1,4-5H2,2-3H3;4*4H,1H2,2-3H3;4*3H2,1-2H3;;;;/q8*-1;;;;;;;;/b;5-4+;5-4-;;;;;;;;;;;;;. The minimum atomic E-state index is 0. The van der Waals surface area contributed by atoms with Crippen molar-refractivity contribution in [1.29, 1.82) is 0 Å². The molecule has 5 heteroatoms. The fourth-order valence-corrected chi connectivity index (χ4v) is 2.81. The van der Waals surface area contributed by atoms with Crippen LogP contribution in [0.15, 0.2) is 24.3 Å². The molecule has 0 fully saturated rings. The molecule has 0 aromatic heterocycles. The molecule has 0 unspecified atom stereocenters. The van der Waals surface area contributed by atoms with Crippen molar-refractivity contribution in [1.82, 2.24) is 0 Å². The van der Waals surface area contributed by atoms with Crippen molar-refractivity contribution in [3.8, 4) is 0 Å². The fourth-order valence-electron chi connectivity index (χ4n) is 2.81. The molecule has 0 aliphatic heterocycles. The van der Waals surface area contributed by atoms with E-state index in [9.17, 15) is 4.79 Å². The van der Waals surface area contributed by atoms with Gasteiger partial charge < -0.3 is 46.3 Å². The second-order valence-electron chi connectivity index (χ2n) is 19.2. The van der Waals surface area contributed by atoms with Gasteiger partial charge in [0.15, 0.2) is 0 Å². The summed E-state index contributed by atoms with van der Waals surface area (Å²) in [4.78, 5) is 10.4. The van der Waals surface area contributed by atoms with Gasteiger partial charge in [-0.05, 0) is 42.3 Å². The zero-order valence-electron chi connectivity index (χ0n) is 51.1. The van der Waals surface area contributed by atoms with Gasteiger partial charge in [0.05, 0.1) is 0 Å². The van der Waals surface area contributed by atoms with Gasteiger partial charge in [-0.3, -0.25) is 0 Å². The average Bonchev–Trinajstić information content (AvgIpc) is 3.08. The molecular formula is C61H132OY4-8. The predicted molar refractivity (Wildman–Crippen MR) is 304 cm³/mol. The van der Waals surface area contributed by atoms with E-state index in [2.05, 4.69) is 234 Å². The van der Waals surface area contributed by atoms with Crippen molar-refractivity contribution >= 4 is 5.78 Å². The Morgan fingerprint density at radius 3 is 0.697 bits per heavy atom. The number of carbonyl (C=O) groups excluding carboxylic acids is 1. The Hall–Kier alpha value is 3.18. The summed E-state index contributed by atoms with van der Waals surface area (Å²) in [6, 6.07) is 0. The molecule has 66 heavy (non-hydrogen) atoms. The van der Waals surface area contributed by atoms with E-state index in [1.54, 1.807) is 0 Å². The first-order valence-electron chi connectivity index (χ1n) is 25.9. The van der Waals surface area contributed by atoms with Crippen LogP contribution in [-0.2, 0) is 136 Å². The molecule has 0 N–H and O–H groups in total. The van der Waals surface area contributed by atoms with Crippen LogP contribution in [0.5, 0.6) is 0 Å². The van der Waals surface area contributed by atoms with Crippen molar-refractivity contribution in [2.75, 3.05) is 0 Å². The van der Waals surface area contributed by atoms with Crippen LogP contribution < -0.4 is 0 Å². The number of rotatable bonds is 15. The molecule has 4 radical (unpaired) electrons. The van der Waals surface area contributed by atoms with Crippen LogP contribution in [0.25, 0.3) is 0 Å². The van der Waals surface area contributed by atoms with E-state index in [1.165, 1.54) is 83.5 Å². The maximum absolute atomic E-state index is 10.4. The Kier molecular flexibility index (Phi) is 211. The van der Waals surface area contributed by atoms with Crippen molar-refractivity contribution in [3.05, 3.63) is 79.7 Å². The van der Waals surface area contributed by atoms with Crippen molar-refractivity contribution in [2.45, 2.75) is 269 Å². The number of Topliss-reactive ketones (excluding diaryl/α,β-unsaturated/α-hetero) is 1. The third-order valence-corrected chi connectivity index (χ3v) is 4.91. The zero-order valence-corrected chi connectivity index (χ0v) is 62.5. The van der Waals surface area contributed by atoms with Gasteiger partial charge in [0.1, 0.15) is 0 Å². The SMILES string of the molecule is CCC.CCC.CCC.CCC.[CH2-]/C=C/CCCC(C)C.[CH2-]/C=C\CCCC(C)C.[CH2-]C(=O)CCCCC(C)C.[CH2-]C(C)C.[CH2-]C(C)C.[CH2-]C(C)C.[CH2-]C(C)C.[CH2-]CCC(C)C.[Y].[Y].[Y].[Y]. The molecule has 0 bridgehead atoms. The maximum atomic E-state index is 10.4. The second kappa shape index (κ2) is 122. The summed E-state index contributed by atoms with van der Waals surface area (Å²) < 4.78 is 0. The van der Waals surface area contributed by atoms with Gasteiger partial charge in [0.2, 0.25) is 0 Å². The molecule has 0 spiro atoms. The minimum Gasteiger partial charge on any atom is -0.343 e. The number of ketones is 1. The molecule has 0 aliphatic rings. The minimum absolute atomic E-state index is 0. The molecule has 402 valence electrons. The van der Waals surface area contributed by atoms with Gasteiger partial charge in [-0.1, -0.05) is 237 Å². The van der Waals surface area contributed by atoms with Gasteiger partial charge >= 0.3 is 0 Å². The Balaban J connectivity index is -0.0000000302. The molecule has 0 rings (SSSR count). The number of carbonyl (C=O) groups is 1. The van der Waals surface area contributed by atoms with Crippen molar-refractivity contribution in [3.63, 3.8) is 0 Å². The Bertz CT molecular complexity index is 587. The smallest absolute Gasteiger partial charge is 0 e. The number of hydrogen-bond donors (Lipinski definition) is 0. The Morgan fingerprint density at radius 1 is 0.394 bits per heavy atom. The number of hydrogen-bond acceptors (Lipinski definition) is 1. The number of unbranched alkanes of at least 4 members (excludes halogenated alkanes) is 3. The Morgan fingerprint density at radius 2 is 0.576 bits per heavy atom. The Labute approximate surface area is 530 Å². The van der Waals surface area contributed by atoms with E-state index >= 15 is 0 Å².